The van der Waals surface area contributed by atoms with Gasteiger partial charge < -0.3 is 9.64 Å². The summed E-state index contributed by atoms with van der Waals surface area (Å²) in [4.78, 5) is 19.2. The second-order valence-electron chi connectivity index (χ2n) is 7.96. The smallest absolute Gasteiger partial charge is 0.253 e. The lowest BCUT2D eigenvalue weighted by Crippen LogP contribution is -2.38. The van der Waals surface area contributed by atoms with E-state index in [1.54, 1.807) is 7.11 Å². The van der Waals surface area contributed by atoms with Gasteiger partial charge in [0.2, 0.25) is 0 Å². The molecular weight excluding hydrogens is 376 g/mol. The Bertz CT molecular complexity index is 1020. The highest BCUT2D eigenvalue weighted by atomic mass is 16.5. The summed E-state index contributed by atoms with van der Waals surface area (Å²) < 4.78 is 7.48. The summed E-state index contributed by atoms with van der Waals surface area (Å²) in [5, 5.41) is 4.54. The van der Waals surface area contributed by atoms with Crippen molar-refractivity contribution in [3.8, 4) is 5.75 Å². The standard InChI is InChI=1S/C24H28N4O2/c1-17-14-18(2)28(26-17)16-22-15-21(4-5-23(22)30-3)24(29)27-12-8-20(9-13-27)19-6-10-25-11-7-19/h4-7,10-11,14-15,20H,8-9,12-13,16H2,1-3H3. The van der Waals surface area contributed by atoms with Crippen molar-refractivity contribution < 1.29 is 9.53 Å². The van der Waals surface area contributed by atoms with Crippen LogP contribution in [0.25, 0.3) is 0 Å². The van der Waals surface area contributed by atoms with Crippen molar-refractivity contribution in [2.24, 2.45) is 0 Å². The van der Waals surface area contributed by atoms with Crippen LogP contribution in [0, 0.1) is 13.8 Å². The van der Waals surface area contributed by atoms with E-state index >= 15 is 0 Å². The zero-order valence-electron chi connectivity index (χ0n) is 17.8. The molecule has 6 nitrogen and oxygen atoms in total. The molecule has 0 radical (unpaired) electrons. The number of piperidine rings is 1. The molecule has 1 saturated heterocycles. The third kappa shape index (κ3) is 4.22. The van der Waals surface area contributed by atoms with Crippen molar-refractivity contribution in [3.05, 3.63) is 76.9 Å². The maximum absolute atomic E-state index is 13.2. The van der Waals surface area contributed by atoms with Crippen molar-refractivity contribution in [2.75, 3.05) is 20.2 Å². The van der Waals surface area contributed by atoms with Crippen LogP contribution >= 0.6 is 0 Å². The van der Waals surface area contributed by atoms with Crippen LogP contribution in [-0.2, 0) is 6.54 Å². The molecule has 3 heterocycles. The number of rotatable bonds is 5. The summed E-state index contributed by atoms with van der Waals surface area (Å²) in [6.07, 6.45) is 5.64. The van der Waals surface area contributed by atoms with Gasteiger partial charge in [0.1, 0.15) is 5.75 Å². The third-order valence-corrected chi connectivity index (χ3v) is 5.91. The molecule has 1 amide bonds. The highest BCUT2D eigenvalue weighted by molar-refractivity contribution is 5.94. The molecule has 156 valence electrons. The van der Waals surface area contributed by atoms with E-state index in [0.29, 0.717) is 18.0 Å². The number of hydrogen-bond donors (Lipinski definition) is 0. The van der Waals surface area contributed by atoms with E-state index in [-0.39, 0.29) is 5.91 Å². The van der Waals surface area contributed by atoms with E-state index in [0.717, 1.165) is 48.6 Å². The first kappa shape index (κ1) is 20.1. The molecule has 30 heavy (non-hydrogen) atoms. The van der Waals surface area contributed by atoms with Crippen LogP contribution in [0.4, 0.5) is 0 Å². The molecule has 0 saturated carbocycles. The Morgan fingerprint density at radius 2 is 1.83 bits per heavy atom. The molecule has 0 aliphatic carbocycles. The normalized spacial score (nSPS) is 14.7. The molecule has 1 fully saturated rings. The van der Waals surface area contributed by atoms with Crippen LogP contribution < -0.4 is 4.74 Å². The number of carbonyl (C=O) groups is 1. The van der Waals surface area contributed by atoms with Gasteiger partial charge in [0, 0.05) is 42.3 Å². The lowest BCUT2D eigenvalue weighted by molar-refractivity contribution is 0.0713. The molecule has 0 N–H and O–H groups in total. The largest absolute Gasteiger partial charge is 0.496 e. The van der Waals surface area contributed by atoms with Crippen molar-refractivity contribution in [1.29, 1.82) is 0 Å². The van der Waals surface area contributed by atoms with Gasteiger partial charge in [-0.3, -0.25) is 14.5 Å². The van der Waals surface area contributed by atoms with Crippen molar-refractivity contribution in [1.82, 2.24) is 19.7 Å². The summed E-state index contributed by atoms with van der Waals surface area (Å²) in [5.41, 5.74) is 5.05. The van der Waals surface area contributed by atoms with Gasteiger partial charge in [0.25, 0.3) is 5.91 Å². The molecule has 2 aromatic heterocycles. The number of ether oxygens (including phenoxy) is 1. The first-order valence-electron chi connectivity index (χ1n) is 10.4. The summed E-state index contributed by atoms with van der Waals surface area (Å²) in [6, 6.07) is 11.9. The monoisotopic (exact) mass is 404 g/mol. The number of amides is 1. The Hall–Kier alpha value is -3.15. The van der Waals surface area contributed by atoms with E-state index in [2.05, 4.69) is 28.3 Å². The first-order chi connectivity index (χ1) is 14.5. The fourth-order valence-electron chi connectivity index (χ4n) is 4.27. The molecule has 6 heteroatoms. The Labute approximate surface area is 177 Å². The number of aryl methyl sites for hydroxylation is 2. The van der Waals surface area contributed by atoms with E-state index in [4.69, 9.17) is 4.74 Å². The summed E-state index contributed by atoms with van der Waals surface area (Å²) in [7, 11) is 1.66. The van der Waals surface area contributed by atoms with Crippen molar-refractivity contribution >= 4 is 5.91 Å². The number of carbonyl (C=O) groups excluding carboxylic acids is 1. The average molecular weight is 405 g/mol. The van der Waals surface area contributed by atoms with E-state index in [9.17, 15) is 4.79 Å². The van der Waals surface area contributed by atoms with Crippen LogP contribution in [-0.4, -0.2) is 45.8 Å². The lowest BCUT2D eigenvalue weighted by atomic mass is 9.90. The van der Waals surface area contributed by atoms with Crippen LogP contribution in [0.5, 0.6) is 5.75 Å². The number of likely N-dealkylation sites (tertiary alicyclic amines) is 1. The highest BCUT2D eigenvalue weighted by Gasteiger charge is 2.25. The van der Waals surface area contributed by atoms with Gasteiger partial charge in [-0.05, 0) is 74.6 Å². The molecular formula is C24H28N4O2. The fraction of sp³-hybridized carbons (Fsp3) is 0.375. The van der Waals surface area contributed by atoms with Crippen molar-refractivity contribution in [2.45, 2.75) is 39.2 Å². The maximum Gasteiger partial charge on any atom is 0.253 e. The second-order valence-corrected chi connectivity index (χ2v) is 7.96. The number of methoxy groups -OCH3 is 1. The molecule has 1 aromatic carbocycles. The summed E-state index contributed by atoms with van der Waals surface area (Å²) in [6.45, 7) is 6.13. The zero-order chi connectivity index (χ0) is 21.1. The predicted octanol–water partition coefficient (Wildman–Crippen LogP) is 3.97. The third-order valence-electron chi connectivity index (χ3n) is 5.91. The van der Waals surface area contributed by atoms with Gasteiger partial charge in [-0.25, -0.2) is 0 Å². The van der Waals surface area contributed by atoms with Crippen molar-refractivity contribution in [3.63, 3.8) is 0 Å². The molecule has 0 atom stereocenters. The van der Waals surface area contributed by atoms with Crippen LogP contribution in [0.1, 0.15) is 51.6 Å². The number of benzene rings is 1. The topological polar surface area (TPSA) is 60.2 Å². The minimum atomic E-state index is 0.0837. The van der Waals surface area contributed by atoms with Gasteiger partial charge in [-0.1, -0.05) is 0 Å². The highest BCUT2D eigenvalue weighted by Crippen LogP contribution is 2.29. The van der Waals surface area contributed by atoms with Crippen LogP contribution in [0.15, 0.2) is 48.8 Å². The van der Waals surface area contributed by atoms with E-state index in [1.807, 2.05) is 54.0 Å². The molecule has 0 spiro atoms. The Kier molecular flexibility index (Phi) is 5.84. The number of aromatic nitrogens is 3. The van der Waals surface area contributed by atoms with E-state index < -0.39 is 0 Å². The maximum atomic E-state index is 13.2. The molecule has 0 unspecified atom stereocenters. The summed E-state index contributed by atoms with van der Waals surface area (Å²) >= 11 is 0. The zero-order valence-corrected chi connectivity index (χ0v) is 17.8. The molecule has 0 bridgehead atoms. The Morgan fingerprint density at radius 1 is 1.10 bits per heavy atom. The average Bonchev–Trinajstić information content (AvgIpc) is 3.10. The quantitative estimate of drug-likeness (QED) is 0.646. The number of nitrogens with zero attached hydrogens (tertiary/aromatic N) is 4. The minimum absolute atomic E-state index is 0.0837. The van der Waals surface area contributed by atoms with Crippen LogP contribution in [0.2, 0.25) is 0 Å². The molecule has 3 aromatic rings. The van der Waals surface area contributed by atoms with Gasteiger partial charge in [-0.2, -0.15) is 5.10 Å². The SMILES string of the molecule is COc1ccc(C(=O)N2CCC(c3ccncc3)CC2)cc1Cn1nc(C)cc1C. The lowest BCUT2D eigenvalue weighted by Gasteiger charge is -2.32. The molecule has 1 aliphatic rings. The second kappa shape index (κ2) is 8.69. The number of pyridine rings is 1. The Balaban J connectivity index is 1.48. The van der Waals surface area contributed by atoms with Gasteiger partial charge in [0.15, 0.2) is 0 Å². The van der Waals surface area contributed by atoms with Gasteiger partial charge in [0.05, 0.1) is 19.3 Å². The summed E-state index contributed by atoms with van der Waals surface area (Å²) in [5.74, 6) is 1.35. The van der Waals surface area contributed by atoms with E-state index in [1.165, 1.54) is 5.56 Å². The van der Waals surface area contributed by atoms with Gasteiger partial charge in [-0.15, -0.1) is 0 Å². The molecule has 4 rings (SSSR count). The Morgan fingerprint density at radius 3 is 2.47 bits per heavy atom. The molecule has 1 aliphatic heterocycles. The predicted molar refractivity (Wildman–Crippen MR) is 116 cm³/mol. The number of hydrogen-bond acceptors (Lipinski definition) is 4. The first-order valence-corrected chi connectivity index (χ1v) is 10.4. The fourth-order valence-corrected chi connectivity index (χ4v) is 4.27. The van der Waals surface area contributed by atoms with Gasteiger partial charge >= 0.3 is 0 Å². The minimum Gasteiger partial charge on any atom is -0.496 e. The van der Waals surface area contributed by atoms with Crippen LogP contribution in [0.3, 0.4) is 0 Å².